The van der Waals surface area contributed by atoms with Gasteiger partial charge in [-0.05, 0) is 30.2 Å². The van der Waals surface area contributed by atoms with Crippen molar-refractivity contribution in [2.45, 2.75) is 19.9 Å². The number of ketones is 1. The van der Waals surface area contributed by atoms with E-state index in [1.165, 1.54) is 25.4 Å². The van der Waals surface area contributed by atoms with Crippen molar-refractivity contribution in [1.82, 2.24) is 0 Å². The van der Waals surface area contributed by atoms with Crippen LogP contribution in [0.5, 0.6) is 17.2 Å². The van der Waals surface area contributed by atoms with E-state index >= 15 is 0 Å². The molecule has 2 heterocycles. The van der Waals surface area contributed by atoms with Gasteiger partial charge in [-0.2, -0.15) is 0 Å². The molecule has 182 valence electrons. The van der Waals surface area contributed by atoms with Crippen molar-refractivity contribution in [3.63, 3.8) is 0 Å². The molecule has 0 bridgehead atoms. The molecule has 1 aliphatic rings. The van der Waals surface area contributed by atoms with Crippen molar-refractivity contribution in [3.05, 3.63) is 77.8 Å². The first-order valence-corrected chi connectivity index (χ1v) is 11.1. The van der Waals surface area contributed by atoms with Crippen molar-refractivity contribution in [1.29, 1.82) is 0 Å². The van der Waals surface area contributed by atoms with E-state index in [4.69, 9.17) is 18.6 Å². The van der Waals surface area contributed by atoms with Gasteiger partial charge in [-0.3, -0.25) is 14.5 Å². The summed E-state index contributed by atoms with van der Waals surface area (Å²) in [4.78, 5) is 27.8. The quantitative estimate of drug-likeness (QED) is 0.278. The largest absolute Gasteiger partial charge is 0.507 e. The topological polar surface area (TPSA) is 98.4 Å². The van der Waals surface area contributed by atoms with Crippen molar-refractivity contribution in [2.75, 3.05) is 25.7 Å². The molecule has 0 radical (unpaired) electrons. The number of nitrogens with zero attached hydrogens (tertiary/aromatic N) is 1. The predicted molar refractivity (Wildman–Crippen MR) is 130 cm³/mol. The van der Waals surface area contributed by atoms with Crippen LogP contribution in [0.25, 0.3) is 5.76 Å². The number of hydrogen-bond donors (Lipinski definition) is 1. The Morgan fingerprint density at radius 2 is 1.71 bits per heavy atom. The number of rotatable bonds is 8. The second-order valence-corrected chi connectivity index (χ2v) is 8.49. The van der Waals surface area contributed by atoms with Crippen LogP contribution < -0.4 is 19.1 Å². The van der Waals surface area contributed by atoms with Gasteiger partial charge >= 0.3 is 0 Å². The van der Waals surface area contributed by atoms with Crippen molar-refractivity contribution in [2.24, 2.45) is 5.92 Å². The van der Waals surface area contributed by atoms with E-state index in [1.807, 2.05) is 13.8 Å². The molecule has 0 spiro atoms. The molecule has 3 aromatic rings. The summed E-state index contributed by atoms with van der Waals surface area (Å²) in [5, 5.41) is 11.3. The highest BCUT2D eigenvalue weighted by molar-refractivity contribution is 6.51. The Hall–Kier alpha value is -4.20. The second-order valence-electron chi connectivity index (χ2n) is 8.49. The predicted octanol–water partition coefficient (Wildman–Crippen LogP) is 4.96. The molecule has 8 nitrogen and oxygen atoms in total. The number of benzene rings is 2. The molecule has 1 atom stereocenters. The lowest BCUT2D eigenvalue weighted by Crippen LogP contribution is -2.29. The second kappa shape index (κ2) is 9.97. The normalized spacial score (nSPS) is 17.2. The number of amides is 1. The first-order valence-electron chi connectivity index (χ1n) is 11.1. The zero-order chi connectivity index (χ0) is 25.1. The first-order chi connectivity index (χ1) is 16.8. The fraction of sp³-hybridized carbons (Fsp3) is 0.259. The summed E-state index contributed by atoms with van der Waals surface area (Å²) in [6.45, 7) is 4.56. The number of hydrogen-bond acceptors (Lipinski definition) is 7. The lowest BCUT2D eigenvalue weighted by Gasteiger charge is -2.24. The van der Waals surface area contributed by atoms with Crippen LogP contribution in [0, 0.1) is 5.92 Å². The molecular weight excluding hydrogens is 450 g/mol. The summed E-state index contributed by atoms with van der Waals surface area (Å²) in [5.41, 5.74) is 0.620. The number of ether oxygens (including phenoxy) is 3. The van der Waals surface area contributed by atoms with Crippen LogP contribution in [0.3, 0.4) is 0 Å². The summed E-state index contributed by atoms with van der Waals surface area (Å²) in [5.74, 6) is 0.0934. The molecule has 1 amide bonds. The highest BCUT2D eigenvalue weighted by Gasteiger charge is 2.48. The molecule has 0 saturated carbocycles. The van der Waals surface area contributed by atoms with Gasteiger partial charge in [0.05, 0.1) is 38.4 Å². The zero-order valence-corrected chi connectivity index (χ0v) is 20.0. The maximum Gasteiger partial charge on any atom is 0.300 e. The van der Waals surface area contributed by atoms with Crippen LogP contribution in [-0.4, -0.2) is 37.6 Å². The van der Waals surface area contributed by atoms with E-state index < -0.39 is 17.7 Å². The maximum atomic E-state index is 13.3. The lowest BCUT2D eigenvalue weighted by atomic mass is 9.99. The Morgan fingerprint density at radius 3 is 2.31 bits per heavy atom. The number of aliphatic hydroxyl groups is 1. The van der Waals surface area contributed by atoms with Crippen LogP contribution in [0.15, 0.2) is 70.9 Å². The minimum absolute atomic E-state index is 0.0900. The monoisotopic (exact) mass is 477 g/mol. The highest BCUT2D eigenvalue weighted by atomic mass is 16.5. The van der Waals surface area contributed by atoms with Crippen molar-refractivity contribution >= 4 is 23.1 Å². The average molecular weight is 478 g/mol. The molecule has 1 aromatic heterocycles. The average Bonchev–Trinajstić information content (AvgIpc) is 3.49. The van der Waals surface area contributed by atoms with Gasteiger partial charge in [0.2, 0.25) is 0 Å². The minimum Gasteiger partial charge on any atom is -0.507 e. The molecule has 1 unspecified atom stereocenters. The van der Waals surface area contributed by atoms with E-state index in [9.17, 15) is 14.7 Å². The third kappa shape index (κ3) is 4.73. The van der Waals surface area contributed by atoms with Gasteiger partial charge in [0.25, 0.3) is 11.7 Å². The number of Topliss-reactive ketones (excluding diaryl/α,β-unsaturated/α-hetero) is 1. The molecule has 0 aliphatic carbocycles. The third-order valence-corrected chi connectivity index (χ3v) is 5.56. The van der Waals surface area contributed by atoms with Crippen LogP contribution in [-0.2, 0) is 9.59 Å². The molecule has 35 heavy (non-hydrogen) atoms. The van der Waals surface area contributed by atoms with Crippen LogP contribution in [0.2, 0.25) is 0 Å². The summed E-state index contributed by atoms with van der Waals surface area (Å²) < 4.78 is 22.1. The van der Waals surface area contributed by atoms with Gasteiger partial charge in [-0.25, -0.2) is 0 Å². The fourth-order valence-corrected chi connectivity index (χ4v) is 3.90. The Labute approximate surface area is 203 Å². The molecular formula is C27H27NO7. The Kier molecular flexibility index (Phi) is 6.82. The van der Waals surface area contributed by atoms with Gasteiger partial charge < -0.3 is 23.7 Å². The molecule has 8 heteroatoms. The SMILES string of the molecule is COc1cc(OC)cc(N2C(=O)C(=O)/C(=C(\O)c3cccc(OCC(C)C)c3)C2c2ccco2)c1. The van der Waals surface area contributed by atoms with E-state index in [2.05, 4.69) is 0 Å². The molecule has 1 N–H and O–H groups in total. The van der Waals surface area contributed by atoms with Gasteiger partial charge in [0, 0.05) is 23.8 Å². The van der Waals surface area contributed by atoms with E-state index in [0.29, 0.717) is 46.8 Å². The summed E-state index contributed by atoms with van der Waals surface area (Å²) in [6, 6.07) is 14.0. The Bertz CT molecular complexity index is 1240. The third-order valence-electron chi connectivity index (χ3n) is 5.56. The number of methoxy groups -OCH3 is 2. The minimum atomic E-state index is -0.998. The zero-order valence-electron chi connectivity index (χ0n) is 20.0. The Balaban J connectivity index is 1.85. The fourth-order valence-electron chi connectivity index (χ4n) is 3.90. The Morgan fingerprint density at radius 1 is 1.00 bits per heavy atom. The van der Waals surface area contributed by atoms with E-state index in [1.54, 1.807) is 54.6 Å². The lowest BCUT2D eigenvalue weighted by molar-refractivity contribution is -0.132. The van der Waals surface area contributed by atoms with Crippen molar-refractivity contribution < 1.29 is 33.3 Å². The molecule has 1 fully saturated rings. The van der Waals surface area contributed by atoms with Gasteiger partial charge in [0.1, 0.15) is 34.8 Å². The maximum absolute atomic E-state index is 13.3. The summed E-state index contributed by atoms with van der Waals surface area (Å²) in [6.07, 6.45) is 1.45. The van der Waals surface area contributed by atoms with Gasteiger partial charge in [0.15, 0.2) is 0 Å². The molecule has 1 aliphatic heterocycles. The van der Waals surface area contributed by atoms with Crippen LogP contribution in [0.1, 0.15) is 31.2 Å². The van der Waals surface area contributed by atoms with E-state index in [0.717, 1.165) is 0 Å². The first kappa shape index (κ1) is 23.9. The highest BCUT2D eigenvalue weighted by Crippen LogP contribution is 2.44. The standard InChI is InChI=1S/C27H27NO7/c1-16(2)15-35-19-8-5-7-17(11-19)25(29)23-24(22-9-6-10-34-22)28(27(31)26(23)30)18-12-20(32-3)14-21(13-18)33-4/h5-14,16,24,29H,15H2,1-4H3/b25-23-. The number of anilines is 1. The summed E-state index contributed by atoms with van der Waals surface area (Å²) >= 11 is 0. The smallest absolute Gasteiger partial charge is 0.300 e. The number of furan rings is 1. The van der Waals surface area contributed by atoms with Gasteiger partial charge in [-0.15, -0.1) is 0 Å². The van der Waals surface area contributed by atoms with Gasteiger partial charge in [-0.1, -0.05) is 26.0 Å². The molecule has 2 aromatic carbocycles. The van der Waals surface area contributed by atoms with Crippen LogP contribution in [0.4, 0.5) is 5.69 Å². The summed E-state index contributed by atoms with van der Waals surface area (Å²) in [7, 11) is 2.98. The number of aliphatic hydroxyl groups excluding tert-OH is 1. The molecule has 4 rings (SSSR count). The van der Waals surface area contributed by atoms with Crippen molar-refractivity contribution in [3.8, 4) is 17.2 Å². The molecule has 1 saturated heterocycles. The number of carbonyl (C=O) groups excluding carboxylic acids is 2. The van der Waals surface area contributed by atoms with Crippen LogP contribution >= 0.6 is 0 Å². The van der Waals surface area contributed by atoms with E-state index in [-0.39, 0.29) is 11.3 Å². The number of carbonyl (C=O) groups is 2.